The number of benzene rings is 1. The molecule has 3 rings (SSSR count). The maximum Gasteiger partial charge on any atom is 0.169 e. The van der Waals surface area contributed by atoms with Crippen LogP contribution < -0.4 is 11.3 Å². The van der Waals surface area contributed by atoms with E-state index in [1.54, 1.807) is 18.2 Å². The monoisotopic (exact) mass is 306 g/mol. The summed E-state index contributed by atoms with van der Waals surface area (Å²) in [6.07, 6.45) is 0. The van der Waals surface area contributed by atoms with Crippen LogP contribution in [-0.2, 0) is 0 Å². The number of furan rings is 1. The van der Waals surface area contributed by atoms with E-state index in [0.29, 0.717) is 11.1 Å². The van der Waals surface area contributed by atoms with E-state index in [1.807, 2.05) is 13.8 Å². The number of rotatable bonds is 4. The normalized spacial score (nSPS) is 13.2. The number of hydrogen-bond acceptors (Lipinski definition) is 6. The van der Waals surface area contributed by atoms with Crippen LogP contribution in [-0.4, -0.2) is 9.59 Å². The van der Waals surface area contributed by atoms with Gasteiger partial charge in [-0.05, 0) is 29.6 Å². The van der Waals surface area contributed by atoms with Crippen LogP contribution in [0.1, 0.15) is 42.1 Å². The Bertz CT molecular complexity index is 767. The molecule has 2 aromatic heterocycles. The molecule has 0 saturated carbocycles. The highest BCUT2D eigenvalue weighted by Gasteiger charge is 2.25. The number of halogens is 1. The van der Waals surface area contributed by atoms with Crippen LogP contribution >= 0.6 is 11.5 Å². The average Bonchev–Trinajstić information content (AvgIpc) is 3.07. The Morgan fingerprint density at radius 2 is 2.19 bits per heavy atom. The maximum atomic E-state index is 13.7. The third-order valence-corrected chi connectivity index (χ3v) is 4.12. The lowest BCUT2D eigenvalue weighted by molar-refractivity contribution is 0.465. The van der Waals surface area contributed by atoms with Crippen molar-refractivity contribution in [3.63, 3.8) is 0 Å². The Kier molecular flexibility index (Phi) is 3.71. The van der Waals surface area contributed by atoms with Gasteiger partial charge in [0.05, 0.1) is 10.6 Å². The molecule has 0 aliphatic rings. The van der Waals surface area contributed by atoms with E-state index in [9.17, 15) is 4.39 Å². The Morgan fingerprint density at radius 1 is 1.38 bits per heavy atom. The minimum Gasteiger partial charge on any atom is -0.456 e. The van der Waals surface area contributed by atoms with E-state index in [2.05, 4.69) is 15.0 Å². The molecule has 1 aromatic carbocycles. The standard InChI is InChI=1S/C14H15FN4OS/c1-7(2)11-14(21-19-18-11)12(17-16)10-6-8-4-3-5-9(15)13(8)20-10/h3-7,12,17H,16H2,1-2H3. The molecule has 0 fully saturated rings. The van der Waals surface area contributed by atoms with Crippen LogP contribution in [0.4, 0.5) is 4.39 Å². The molecule has 0 amide bonds. The first-order valence-corrected chi connectivity index (χ1v) is 7.35. The smallest absolute Gasteiger partial charge is 0.169 e. The summed E-state index contributed by atoms with van der Waals surface area (Å²) in [5, 5.41) is 4.84. The second-order valence-electron chi connectivity index (χ2n) is 5.08. The fourth-order valence-electron chi connectivity index (χ4n) is 2.28. The molecular weight excluding hydrogens is 291 g/mol. The SMILES string of the molecule is CC(C)c1nnsc1C(NN)c1cc2cccc(F)c2o1. The quantitative estimate of drug-likeness (QED) is 0.572. The Labute approximate surface area is 125 Å². The van der Waals surface area contributed by atoms with Crippen LogP contribution in [0, 0.1) is 5.82 Å². The number of hydrogen-bond donors (Lipinski definition) is 2. The van der Waals surface area contributed by atoms with Gasteiger partial charge in [0.1, 0.15) is 11.8 Å². The highest BCUT2D eigenvalue weighted by molar-refractivity contribution is 7.05. The van der Waals surface area contributed by atoms with Gasteiger partial charge in [-0.15, -0.1) is 5.10 Å². The zero-order valence-corrected chi connectivity index (χ0v) is 12.4. The summed E-state index contributed by atoms with van der Waals surface area (Å²) >= 11 is 1.26. The van der Waals surface area contributed by atoms with Crippen molar-refractivity contribution < 1.29 is 8.81 Å². The summed E-state index contributed by atoms with van der Waals surface area (Å²) in [4.78, 5) is 0.881. The van der Waals surface area contributed by atoms with Gasteiger partial charge in [0.2, 0.25) is 0 Å². The molecule has 0 radical (unpaired) electrons. The molecule has 0 saturated heterocycles. The Hall–Kier alpha value is -1.83. The molecule has 3 N–H and O–H groups in total. The number of hydrazine groups is 1. The molecule has 1 unspecified atom stereocenters. The number of nitrogens with two attached hydrogens (primary N) is 1. The van der Waals surface area contributed by atoms with Crippen molar-refractivity contribution in [3.05, 3.63) is 46.4 Å². The summed E-state index contributed by atoms with van der Waals surface area (Å²) in [6, 6.07) is 6.21. The largest absolute Gasteiger partial charge is 0.456 e. The van der Waals surface area contributed by atoms with Gasteiger partial charge < -0.3 is 4.42 Å². The summed E-state index contributed by atoms with van der Waals surface area (Å²) in [5.74, 6) is 6.05. The topological polar surface area (TPSA) is 77.0 Å². The van der Waals surface area contributed by atoms with Gasteiger partial charge in [-0.3, -0.25) is 5.84 Å². The van der Waals surface area contributed by atoms with Crippen molar-refractivity contribution in [1.82, 2.24) is 15.0 Å². The van der Waals surface area contributed by atoms with Gasteiger partial charge in [0.25, 0.3) is 0 Å². The fraction of sp³-hybridized carbons (Fsp3) is 0.286. The molecule has 5 nitrogen and oxygen atoms in total. The first kappa shape index (κ1) is 14.1. The fourth-order valence-corrected chi connectivity index (χ4v) is 3.16. The van der Waals surface area contributed by atoms with Gasteiger partial charge >= 0.3 is 0 Å². The molecule has 21 heavy (non-hydrogen) atoms. The molecule has 7 heteroatoms. The lowest BCUT2D eigenvalue weighted by Gasteiger charge is -2.13. The third-order valence-electron chi connectivity index (χ3n) is 3.32. The van der Waals surface area contributed by atoms with Gasteiger partial charge in [0, 0.05) is 5.39 Å². The molecule has 2 heterocycles. The number of aromatic nitrogens is 2. The molecule has 110 valence electrons. The zero-order valence-electron chi connectivity index (χ0n) is 11.6. The predicted octanol–water partition coefficient (Wildman–Crippen LogP) is 3.10. The predicted molar refractivity (Wildman–Crippen MR) is 79.3 cm³/mol. The second kappa shape index (κ2) is 5.51. The second-order valence-corrected chi connectivity index (χ2v) is 5.87. The summed E-state index contributed by atoms with van der Waals surface area (Å²) in [7, 11) is 0. The van der Waals surface area contributed by atoms with Crippen LogP contribution in [0.2, 0.25) is 0 Å². The van der Waals surface area contributed by atoms with Crippen LogP contribution in [0.15, 0.2) is 28.7 Å². The zero-order chi connectivity index (χ0) is 15.0. The van der Waals surface area contributed by atoms with Crippen molar-refractivity contribution >= 4 is 22.5 Å². The van der Waals surface area contributed by atoms with Gasteiger partial charge in [-0.2, -0.15) is 0 Å². The minimum absolute atomic E-state index is 0.218. The highest BCUT2D eigenvalue weighted by Crippen LogP contribution is 2.33. The lowest BCUT2D eigenvalue weighted by atomic mass is 10.0. The first-order valence-electron chi connectivity index (χ1n) is 6.58. The number of fused-ring (bicyclic) bond motifs is 1. The molecule has 0 aliphatic heterocycles. The van der Waals surface area contributed by atoms with Crippen LogP contribution in [0.5, 0.6) is 0 Å². The van der Waals surface area contributed by atoms with Gasteiger partial charge in [-0.1, -0.05) is 30.5 Å². The minimum atomic E-state index is -0.394. The van der Waals surface area contributed by atoms with E-state index >= 15 is 0 Å². The van der Waals surface area contributed by atoms with Crippen molar-refractivity contribution in [2.75, 3.05) is 0 Å². The summed E-state index contributed by atoms with van der Waals surface area (Å²) < 4.78 is 23.4. The van der Waals surface area contributed by atoms with Crippen molar-refractivity contribution in [1.29, 1.82) is 0 Å². The van der Waals surface area contributed by atoms with Gasteiger partial charge in [0.15, 0.2) is 11.4 Å². The maximum absolute atomic E-state index is 13.7. The first-order chi connectivity index (χ1) is 10.1. The molecule has 3 aromatic rings. The van der Waals surface area contributed by atoms with E-state index in [0.717, 1.165) is 10.6 Å². The van der Waals surface area contributed by atoms with Crippen LogP contribution in [0.3, 0.4) is 0 Å². The summed E-state index contributed by atoms with van der Waals surface area (Å²) in [6.45, 7) is 4.07. The number of nitrogens with one attached hydrogen (secondary N) is 1. The lowest BCUT2D eigenvalue weighted by Crippen LogP contribution is -2.28. The van der Waals surface area contributed by atoms with Crippen molar-refractivity contribution in [3.8, 4) is 0 Å². The van der Waals surface area contributed by atoms with E-state index in [1.165, 1.54) is 17.6 Å². The van der Waals surface area contributed by atoms with Crippen LogP contribution in [0.25, 0.3) is 11.0 Å². The summed E-state index contributed by atoms with van der Waals surface area (Å²) in [5.41, 5.74) is 3.81. The number of para-hydroxylation sites is 1. The molecular formula is C14H15FN4OS. The van der Waals surface area contributed by atoms with Crippen molar-refractivity contribution in [2.24, 2.45) is 5.84 Å². The Morgan fingerprint density at radius 3 is 2.86 bits per heavy atom. The third kappa shape index (κ3) is 2.44. The van der Waals surface area contributed by atoms with Gasteiger partial charge in [-0.25, -0.2) is 9.82 Å². The Balaban J connectivity index is 2.09. The molecule has 0 spiro atoms. The van der Waals surface area contributed by atoms with Crippen molar-refractivity contribution in [2.45, 2.75) is 25.8 Å². The number of nitrogens with zero attached hydrogens (tertiary/aromatic N) is 2. The van der Waals surface area contributed by atoms with E-state index < -0.39 is 6.04 Å². The molecule has 0 bridgehead atoms. The molecule has 0 aliphatic carbocycles. The highest BCUT2D eigenvalue weighted by atomic mass is 32.1. The molecule has 1 atom stereocenters. The average molecular weight is 306 g/mol. The van der Waals surface area contributed by atoms with E-state index in [-0.39, 0.29) is 17.3 Å². The van der Waals surface area contributed by atoms with E-state index in [4.69, 9.17) is 10.3 Å².